The van der Waals surface area contributed by atoms with Crippen molar-refractivity contribution in [1.29, 1.82) is 0 Å². The Morgan fingerprint density at radius 3 is 2.25 bits per heavy atom. The lowest BCUT2D eigenvalue weighted by atomic mass is 9.77. The van der Waals surface area contributed by atoms with Crippen molar-refractivity contribution < 1.29 is 14.4 Å². The van der Waals surface area contributed by atoms with E-state index in [-0.39, 0.29) is 17.0 Å². The Kier molecular flexibility index (Phi) is 4.20. The molecule has 1 aliphatic heterocycles. The van der Waals surface area contributed by atoms with Gasteiger partial charge in [0.25, 0.3) is 0 Å². The third kappa shape index (κ3) is 3.07. The van der Waals surface area contributed by atoms with Gasteiger partial charge in [-0.25, -0.2) is 0 Å². The fourth-order valence-corrected chi connectivity index (χ4v) is 2.77. The molecule has 3 rings (SSSR count). The highest BCUT2D eigenvalue weighted by Gasteiger charge is 2.52. The molecule has 0 radical (unpaired) electrons. The second kappa shape index (κ2) is 5.92. The van der Waals surface area contributed by atoms with E-state index in [4.69, 9.17) is 15.0 Å². The summed E-state index contributed by atoms with van der Waals surface area (Å²) >= 11 is 0. The van der Waals surface area contributed by atoms with Crippen LogP contribution in [0.3, 0.4) is 0 Å². The van der Waals surface area contributed by atoms with Gasteiger partial charge in [-0.2, -0.15) is 0 Å². The maximum atomic E-state index is 9.56. The Labute approximate surface area is 143 Å². The predicted octanol–water partition coefficient (Wildman–Crippen LogP) is 3.52. The number of fused-ring (bicyclic) bond motifs is 1. The molecule has 2 aromatic carbocycles. The van der Waals surface area contributed by atoms with Crippen molar-refractivity contribution >= 4 is 24.0 Å². The minimum Gasteiger partial charge on any atom is -0.508 e. The first-order valence-corrected chi connectivity index (χ1v) is 8.21. The number of benzene rings is 2. The SMILES string of the molecule is CC1(C)OB(C(=Cc2ccc3cc(O)ccc3c2)CN)OC1(C)C. The van der Waals surface area contributed by atoms with Gasteiger partial charge in [0, 0.05) is 6.54 Å². The van der Waals surface area contributed by atoms with Gasteiger partial charge in [-0.3, -0.25) is 0 Å². The van der Waals surface area contributed by atoms with E-state index in [2.05, 4.69) is 6.07 Å². The zero-order chi connectivity index (χ0) is 17.5. The van der Waals surface area contributed by atoms with E-state index in [0.717, 1.165) is 21.8 Å². The lowest BCUT2D eigenvalue weighted by molar-refractivity contribution is 0.00578. The van der Waals surface area contributed by atoms with E-state index in [1.54, 1.807) is 12.1 Å². The molecule has 24 heavy (non-hydrogen) atoms. The molecule has 126 valence electrons. The molecule has 0 spiro atoms. The molecule has 0 aromatic heterocycles. The molecule has 0 unspecified atom stereocenters. The van der Waals surface area contributed by atoms with Gasteiger partial charge in [0.2, 0.25) is 0 Å². The van der Waals surface area contributed by atoms with Crippen LogP contribution in [0.15, 0.2) is 41.9 Å². The van der Waals surface area contributed by atoms with Crippen LogP contribution in [0.4, 0.5) is 0 Å². The number of hydrogen-bond acceptors (Lipinski definition) is 4. The van der Waals surface area contributed by atoms with Crippen molar-refractivity contribution in [2.75, 3.05) is 6.54 Å². The van der Waals surface area contributed by atoms with E-state index in [1.165, 1.54) is 0 Å². The summed E-state index contributed by atoms with van der Waals surface area (Å²) in [5, 5.41) is 11.6. The van der Waals surface area contributed by atoms with Gasteiger partial charge in [-0.05, 0) is 67.7 Å². The molecule has 2 aromatic rings. The van der Waals surface area contributed by atoms with Crippen LogP contribution < -0.4 is 5.73 Å². The summed E-state index contributed by atoms with van der Waals surface area (Å²) < 4.78 is 12.2. The number of aromatic hydroxyl groups is 1. The number of phenols is 1. The van der Waals surface area contributed by atoms with Crippen molar-refractivity contribution in [1.82, 2.24) is 0 Å². The minimum atomic E-state index is -0.435. The molecule has 0 amide bonds. The van der Waals surface area contributed by atoms with Crippen LogP contribution in [0.25, 0.3) is 16.8 Å². The molecule has 0 aliphatic carbocycles. The first-order chi connectivity index (χ1) is 11.2. The number of phenolic OH excluding ortho intramolecular Hbond substituents is 1. The summed E-state index contributed by atoms with van der Waals surface area (Å²) in [7, 11) is -0.435. The van der Waals surface area contributed by atoms with Gasteiger partial charge in [-0.15, -0.1) is 0 Å². The zero-order valence-corrected chi connectivity index (χ0v) is 14.7. The van der Waals surface area contributed by atoms with Gasteiger partial charge in [0.05, 0.1) is 11.2 Å². The van der Waals surface area contributed by atoms with Gasteiger partial charge in [0.1, 0.15) is 5.75 Å². The molecule has 3 N–H and O–H groups in total. The van der Waals surface area contributed by atoms with Gasteiger partial charge in [-0.1, -0.05) is 24.3 Å². The molecule has 1 fully saturated rings. The quantitative estimate of drug-likeness (QED) is 0.848. The fourth-order valence-electron chi connectivity index (χ4n) is 2.77. The van der Waals surface area contributed by atoms with Crippen molar-refractivity contribution in [2.24, 2.45) is 5.73 Å². The Morgan fingerprint density at radius 1 is 1.04 bits per heavy atom. The third-order valence-corrected chi connectivity index (χ3v) is 4.99. The highest BCUT2D eigenvalue weighted by atomic mass is 16.7. The highest BCUT2D eigenvalue weighted by Crippen LogP contribution is 2.38. The van der Waals surface area contributed by atoms with E-state index < -0.39 is 7.12 Å². The predicted molar refractivity (Wildman–Crippen MR) is 98.7 cm³/mol. The molecule has 0 atom stereocenters. The lowest BCUT2D eigenvalue weighted by Crippen LogP contribution is -2.41. The zero-order valence-electron chi connectivity index (χ0n) is 14.7. The first kappa shape index (κ1) is 17.0. The number of hydrogen-bond donors (Lipinski definition) is 2. The van der Waals surface area contributed by atoms with Crippen molar-refractivity contribution in [2.45, 2.75) is 38.9 Å². The Morgan fingerprint density at radius 2 is 1.62 bits per heavy atom. The third-order valence-electron chi connectivity index (χ3n) is 4.99. The van der Waals surface area contributed by atoms with Crippen LogP contribution in [0.1, 0.15) is 33.3 Å². The Hall–Kier alpha value is -1.82. The van der Waals surface area contributed by atoms with Crippen LogP contribution in [0.2, 0.25) is 0 Å². The maximum absolute atomic E-state index is 9.56. The molecule has 0 bridgehead atoms. The van der Waals surface area contributed by atoms with Gasteiger partial charge in [0.15, 0.2) is 0 Å². The van der Waals surface area contributed by atoms with Crippen molar-refractivity contribution in [3.8, 4) is 5.75 Å². The Balaban J connectivity index is 1.92. The molecular formula is C19H24BNO3. The first-order valence-electron chi connectivity index (χ1n) is 8.21. The van der Waals surface area contributed by atoms with Crippen molar-refractivity contribution in [3.05, 3.63) is 47.4 Å². The van der Waals surface area contributed by atoms with E-state index in [1.807, 2.05) is 52.0 Å². The van der Waals surface area contributed by atoms with Crippen LogP contribution in [0.5, 0.6) is 5.75 Å². The number of rotatable bonds is 3. The lowest BCUT2D eigenvalue weighted by Gasteiger charge is -2.32. The second-order valence-corrected chi connectivity index (χ2v) is 7.30. The molecule has 1 heterocycles. The molecule has 5 heteroatoms. The summed E-state index contributed by atoms with van der Waals surface area (Å²) in [5.41, 5.74) is 7.12. The summed E-state index contributed by atoms with van der Waals surface area (Å²) in [6.45, 7) is 8.49. The molecular weight excluding hydrogens is 301 g/mol. The minimum absolute atomic E-state index is 0.269. The van der Waals surface area contributed by atoms with E-state index in [9.17, 15) is 5.11 Å². The Bertz CT molecular complexity index is 782. The summed E-state index contributed by atoms with van der Waals surface area (Å²) in [5.74, 6) is 0.269. The van der Waals surface area contributed by atoms with Crippen LogP contribution in [-0.2, 0) is 9.31 Å². The number of nitrogens with two attached hydrogens (primary N) is 1. The summed E-state index contributed by atoms with van der Waals surface area (Å²) in [4.78, 5) is 0. The average molecular weight is 325 g/mol. The molecule has 0 saturated carbocycles. The summed E-state index contributed by atoms with van der Waals surface area (Å²) in [6.07, 6.45) is 2.02. The normalized spacial score (nSPS) is 19.9. The fraction of sp³-hybridized carbons (Fsp3) is 0.368. The second-order valence-electron chi connectivity index (χ2n) is 7.30. The highest BCUT2D eigenvalue weighted by molar-refractivity contribution is 6.55. The molecule has 4 nitrogen and oxygen atoms in total. The standard InChI is InChI=1S/C19H24BNO3/c1-18(2)19(3,4)24-20(23-18)16(12-21)10-13-5-6-15-11-17(22)8-7-14(15)9-13/h5-11,22H,12,21H2,1-4H3. The maximum Gasteiger partial charge on any atom is 0.491 e. The average Bonchev–Trinajstić information content (AvgIpc) is 2.73. The van der Waals surface area contributed by atoms with E-state index >= 15 is 0 Å². The van der Waals surface area contributed by atoms with Crippen molar-refractivity contribution in [3.63, 3.8) is 0 Å². The van der Waals surface area contributed by atoms with Gasteiger partial charge < -0.3 is 20.1 Å². The molecule has 1 aliphatic rings. The van der Waals surface area contributed by atoms with E-state index in [0.29, 0.717) is 6.54 Å². The largest absolute Gasteiger partial charge is 0.508 e. The summed E-state index contributed by atoms with van der Waals surface area (Å²) in [6, 6.07) is 11.4. The smallest absolute Gasteiger partial charge is 0.491 e. The molecule has 1 saturated heterocycles. The van der Waals surface area contributed by atoms with Crippen LogP contribution >= 0.6 is 0 Å². The van der Waals surface area contributed by atoms with Gasteiger partial charge >= 0.3 is 7.12 Å². The monoisotopic (exact) mass is 325 g/mol. The topological polar surface area (TPSA) is 64.7 Å². The van der Waals surface area contributed by atoms with Crippen LogP contribution in [0, 0.1) is 0 Å². The van der Waals surface area contributed by atoms with Crippen LogP contribution in [-0.4, -0.2) is 30.0 Å².